The van der Waals surface area contributed by atoms with E-state index in [4.69, 9.17) is 17.7 Å². The molecule has 0 N–H and O–H groups in total. The molecule has 0 spiro atoms. The van der Waals surface area contributed by atoms with Crippen molar-refractivity contribution in [2.45, 2.75) is 0 Å². The van der Waals surface area contributed by atoms with Crippen LogP contribution in [0.5, 0.6) is 0 Å². The topological polar surface area (TPSA) is 36.9 Å². The van der Waals surface area contributed by atoms with Crippen LogP contribution in [0.2, 0.25) is 0 Å². The van der Waals surface area contributed by atoms with Gasteiger partial charge in [-0.3, -0.25) is 0 Å². The van der Waals surface area contributed by atoms with Crippen LogP contribution >= 0.6 is 0 Å². The average Bonchev–Trinajstić information content (AvgIpc) is 1.95. The van der Waals surface area contributed by atoms with Crippen molar-refractivity contribution in [3.05, 3.63) is 0 Å². The second kappa shape index (κ2) is 6.75. The number of hydrogen-bond acceptors (Lipinski definition) is 4. The van der Waals surface area contributed by atoms with E-state index in [0.29, 0.717) is 0 Å². The van der Waals surface area contributed by atoms with Gasteiger partial charge in [0.25, 0.3) is 0 Å². The summed E-state index contributed by atoms with van der Waals surface area (Å²) in [5.74, 6) is 0. The Hall–Kier alpha value is 1.06. The molecule has 10 heavy (non-hydrogen) atoms. The molecule has 0 radical (unpaired) electrons. The molecule has 0 rings (SSSR count). The summed E-state index contributed by atoms with van der Waals surface area (Å²) in [6, 6.07) is 0. The van der Waals surface area contributed by atoms with Crippen LogP contribution in [-0.4, -0.2) is 67.0 Å². The van der Waals surface area contributed by atoms with Gasteiger partial charge in [0.15, 0.2) is 0 Å². The van der Waals surface area contributed by atoms with Gasteiger partial charge in [0.2, 0.25) is 0 Å². The summed E-state index contributed by atoms with van der Waals surface area (Å²) >= 11 is 0. The fourth-order valence-electron chi connectivity index (χ4n) is 0.500. The Balaban J connectivity index is 0. The van der Waals surface area contributed by atoms with Crippen molar-refractivity contribution in [2.75, 3.05) is 28.4 Å². The molecular weight excluding hydrogens is 163 g/mol. The van der Waals surface area contributed by atoms with Crippen LogP contribution in [-0.2, 0) is 17.7 Å². The predicted octanol–water partition coefficient (Wildman–Crippen LogP) is -0.641. The Morgan fingerprint density at radius 2 is 0.900 bits per heavy atom. The van der Waals surface area contributed by atoms with Gasteiger partial charge < -0.3 is 17.7 Å². The second-order valence-electron chi connectivity index (χ2n) is 1.32. The molecule has 0 atom stereocenters. The molecule has 0 aromatic carbocycles. The Labute approximate surface area is 84.6 Å². The van der Waals surface area contributed by atoms with Gasteiger partial charge in [-0.2, -0.15) is 0 Å². The second-order valence-corrected chi connectivity index (χ2v) is 3.95. The summed E-state index contributed by atoms with van der Waals surface area (Å²) in [7, 11) is 3.26. The quantitative estimate of drug-likeness (QED) is 0.534. The first-order chi connectivity index (χ1) is 4.24. The zero-order chi connectivity index (χ0) is 7.33. The first kappa shape index (κ1) is 13.6. The summed E-state index contributed by atoms with van der Waals surface area (Å²) < 4.78 is 19.4. The van der Waals surface area contributed by atoms with Crippen molar-refractivity contribution in [3.8, 4) is 0 Å². The molecule has 0 heterocycles. The van der Waals surface area contributed by atoms with Crippen LogP contribution in [0.4, 0.5) is 0 Å². The number of rotatable bonds is 4. The standard InChI is InChI=1S/C4H12O4Si.Na.H/c1-5-9(6-2,7-3)8-4;;/h1-4H3;;. The first-order valence-electron chi connectivity index (χ1n) is 2.45. The Bertz CT molecular complexity index is 60.1. The van der Waals surface area contributed by atoms with Crippen molar-refractivity contribution in [1.82, 2.24) is 0 Å². The SMILES string of the molecule is CO[Si](OC)(OC)OC.[NaH]. The normalized spacial score (nSPS) is 10.8. The van der Waals surface area contributed by atoms with Gasteiger partial charge in [0, 0.05) is 28.4 Å². The van der Waals surface area contributed by atoms with E-state index >= 15 is 0 Å². The van der Waals surface area contributed by atoms with Crippen molar-refractivity contribution in [3.63, 3.8) is 0 Å². The van der Waals surface area contributed by atoms with E-state index < -0.39 is 9.05 Å². The molecule has 6 heteroatoms. The summed E-state index contributed by atoms with van der Waals surface area (Å²) in [4.78, 5) is 0. The van der Waals surface area contributed by atoms with Gasteiger partial charge in [-0.1, -0.05) is 0 Å². The zero-order valence-corrected chi connectivity index (χ0v) is 7.13. The Morgan fingerprint density at radius 1 is 0.700 bits per heavy atom. The van der Waals surface area contributed by atoms with Crippen molar-refractivity contribution in [2.24, 2.45) is 0 Å². The van der Waals surface area contributed by atoms with Gasteiger partial charge in [-0.15, -0.1) is 0 Å². The molecule has 0 saturated heterocycles. The van der Waals surface area contributed by atoms with Crippen molar-refractivity contribution in [1.29, 1.82) is 0 Å². The zero-order valence-electron chi connectivity index (χ0n) is 6.13. The third kappa shape index (κ3) is 3.45. The third-order valence-electron chi connectivity index (χ3n) is 1.00. The van der Waals surface area contributed by atoms with E-state index in [1.165, 1.54) is 28.4 Å². The van der Waals surface area contributed by atoms with E-state index in [2.05, 4.69) is 0 Å². The minimum absolute atomic E-state index is 0. The maximum absolute atomic E-state index is 4.86. The van der Waals surface area contributed by atoms with Crippen LogP contribution in [0.3, 0.4) is 0 Å². The maximum atomic E-state index is 4.86. The molecule has 0 aliphatic carbocycles. The molecule has 0 bridgehead atoms. The fraction of sp³-hybridized carbons (Fsp3) is 1.00. The van der Waals surface area contributed by atoms with Gasteiger partial charge in [0.1, 0.15) is 0 Å². The molecule has 0 unspecified atom stereocenters. The molecule has 0 aromatic rings. The van der Waals surface area contributed by atoms with Crippen LogP contribution in [0.25, 0.3) is 0 Å². The monoisotopic (exact) mass is 176 g/mol. The molecule has 0 fully saturated rings. The molecule has 0 saturated carbocycles. The number of hydrogen-bond donors (Lipinski definition) is 0. The minimum atomic E-state index is -2.69. The van der Waals surface area contributed by atoms with Gasteiger partial charge in [0.05, 0.1) is 0 Å². The Morgan fingerprint density at radius 3 is 0.900 bits per heavy atom. The van der Waals surface area contributed by atoms with Crippen LogP contribution in [0.15, 0.2) is 0 Å². The van der Waals surface area contributed by atoms with Gasteiger partial charge in [-0.25, -0.2) is 0 Å². The fourth-order valence-corrected chi connectivity index (χ4v) is 1.50. The van der Waals surface area contributed by atoms with Crippen molar-refractivity contribution >= 4 is 38.6 Å². The van der Waals surface area contributed by atoms with Gasteiger partial charge >= 0.3 is 38.6 Å². The van der Waals surface area contributed by atoms with Crippen LogP contribution in [0, 0.1) is 0 Å². The van der Waals surface area contributed by atoms with Crippen LogP contribution in [0.1, 0.15) is 0 Å². The molecule has 0 amide bonds. The molecule has 0 aliphatic rings. The summed E-state index contributed by atoms with van der Waals surface area (Å²) in [5.41, 5.74) is 0. The molecule has 58 valence electrons. The molecule has 0 aliphatic heterocycles. The summed E-state index contributed by atoms with van der Waals surface area (Å²) in [5, 5.41) is 0. The molecule has 4 nitrogen and oxygen atoms in total. The Kier molecular flexibility index (Phi) is 9.20. The van der Waals surface area contributed by atoms with E-state index in [1.807, 2.05) is 0 Å². The molecule has 0 aromatic heterocycles. The average molecular weight is 176 g/mol. The first-order valence-corrected chi connectivity index (χ1v) is 4.08. The summed E-state index contributed by atoms with van der Waals surface area (Å²) in [6.07, 6.45) is 0. The van der Waals surface area contributed by atoms with E-state index in [0.717, 1.165) is 0 Å². The van der Waals surface area contributed by atoms with E-state index in [1.54, 1.807) is 0 Å². The van der Waals surface area contributed by atoms with Crippen LogP contribution < -0.4 is 0 Å². The summed E-state index contributed by atoms with van der Waals surface area (Å²) in [6.45, 7) is 0. The van der Waals surface area contributed by atoms with E-state index in [-0.39, 0.29) is 29.6 Å². The molecular formula is C4H13NaO4Si. The third-order valence-corrected chi connectivity index (χ3v) is 3.00. The van der Waals surface area contributed by atoms with Crippen molar-refractivity contribution < 1.29 is 17.7 Å². The predicted molar refractivity (Wildman–Crippen MR) is 40.9 cm³/mol. The van der Waals surface area contributed by atoms with E-state index in [9.17, 15) is 0 Å². The van der Waals surface area contributed by atoms with Gasteiger partial charge in [-0.05, 0) is 0 Å².